The fourth-order valence-electron chi connectivity index (χ4n) is 3.20. The molecule has 0 aromatic heterocycles. The van der Waals surface area contributed by atoms with E-state index < -0.39 is 5.60 Å². The summed E-state index contributed by atoms with van der Waals surface area (Å²) in [5, 5.41) is 4.12. The van der Waals surface area contributed by atoms with Crippen molar-refractivity contribution < 1.29 is 14.3 Å². The summed E-state index contributed by atoms with van der Waals surface area (Å²) in [6, 6.07) is 7.11. The van der Waals surface area contributed by atoms with E-state index in [1.165, 1.54) is 0 Å². The Labute approximate surface area is 154 Å². The molecule has 2 aliphatic heterocycles. The standard InChI is InChI=1S/C19H27ClN2O3/c1-19(2,25-16-5-3-15(20)4-6-16)18(23)22-9-7-14(8-10-22)11-21-12-17-13-24-17/h3-6,14,17,21H,7-13H2,1-2H3. The van der Waals surface area contributed by atoms with Crippen LogP contribution in [0.3, 0.4) is 0 Å². The first-order valence-electron chi connectivity index (χ1n) is 9.00. The predicted molar refractivity (Wildman–Crippen MR) is 98.1 cm³/mol. The number of nitrogens with zero attached hydrogens (tertiary/aromatic N) is 1. The average molecular weight is 367 g/mol. The van der Waals surface area contributed by atoms with Crippen LogP contribution in [0.25, 0.3) is 0 Å². The summed E-state index contributed by atoms with van der Waals surface area (Å²) < 4.78 is 11.1. The summed E-state index contributed by atoms with van der Waals surface area (Å²) in [5.74, 6) is 1.33. The predicted octanol–water partition coefficient (Wildman–Crippen LogP) is 2.72. The molecule has 0 saturated carbocycles. The molecule has 2 saturated heterocycles. The van der Waals surface area contributed by atoms with E-state index in [-0.39, 0.29) is 5.91 Å². The van der Waals surface area contributed by atoms with Crippen LogP contribution in [0.4, 0.5) is 0 Å². The van der Waals surface area contributed by atoms with Crippen LogP contribution in [-0.2, 0) is 9.53 Å². The molecule has 1 amide bonds. The first-order valence-corrected chi connectivity index (χ1v) is 9.38. The van der Waals surface area contributed by atoms with Crippen molar-refractivity contribution in [2.24, 2.45) is 5.92 Å². The van der Waals surface area contributed by atoms with Gasteiger partial charge in [-0.25, -0.2) is 0 Å². The van der Waals surface area contributed by atoms with Crippen molar-refractivity contribution in [3.05, 3.63) is 29.3 Å². The molecule has 1 atom stereocenters. The maximum atomic E-state index is 12.9. The molecule has 2 aliphatic rings. The number of amides is 1. The van der Waals surface area contributed by atoms with Crippen LogP contribution in [0.1, 0.15) is 26.7 Å². The second kappa shape index (κ2) is 7.94. The highest BCUT2D eigenvalue weighted by molar-refractivity contribution is 6.30. The Kier molecular flexibility index (Phi) is 5.87. The van der Waals surface area contributed by atoms with Crippen molar-refractivity contribution >= 4 is 17.5 Å². The second-order valence-corrected chi connectivity index (χ2v) is 7.85. The highest BCUT2D eigenvalue weighted by Crippen LogP contribution is 2.25. The number of hydrogen-bond acceptors (Lipinski definition) is 4. The van der Waals surface area contributed by atoms with Gasteiger partial charge in [0.05, 0.1) is 12.7 Å². The summed E-state index contributed by atoms with van der Waals surface area (Å²) in [6.07, 6.45) is 2.48. The summed E-state index contributed by atoms with van der Waals surface area (Å²) in [7, 11) is 0. The van der Waals surface area contributed by atoms with Crippen molar-refractivity contribution in [2.75, 3.05) is 32.8 Å². The molecular weight excluding hydrogens is 340 g/mol. The van der Waals surface area contributed by atoms with Gasteiger partial charge in [0.1, 0.15) is 5.75 Å². The number of hydrogen-bond donors (Lipinski definition) is 1. The van der Waals surface area contributed by atoms with Gasteiger partial charge in [-0.05, 0) is 63.4 Å². The molecule has 0 spiro atoms. The Balaban J connectivity index is 1.46. The van der Waals surface area contributed by atoms with Gasteiger partial charge in [0.2, 0.25) is 0 Å². The molecule has 1 N–H and O–H groups in total. The molecule has 2 fully saturated rings. The minimum atomic E-state index is -0.887. The lowest BCUT2D eigenvalue weighted by molar-refractivity contribution is -0.146. The van der Waals surface area contributed by atoms with Gasteiger partial charge in [0, 0.05) is 24.7 Å². The van der Waals surface area contributed by atoms with Gasteiger partial charge in [0.15, 0.2) is 5.60 Å². The monoisotopic (exact) mass is 366 g/mol. The molecule has 1 aromatic rings. The Morgan fingerprint density at radius 3 is 2.52 bits per heavy atom. The Morgan fingerprint density at radius 1 is 1.28 bits per heavy atom. The van der Waals surface area contributed by atoms with Crippen LogP contribution in [0.15, 0.2) is 24.3 Å². The molecule has 0 radical (unpaired) electrons. The van der Waals surface area contributed by atoms with Gasteiger partial charge in [-0.15, -0.1) is 0 Å². The lowest BCUT2D eigenvalue weighted by Gasteiger charge is -2.37. The van der Waals surface area contributed by atoms with Crippen molar-refractivity contribution in [1.29, 1.82) is 0 Å². The molecule has 138 valence electrons. The number of carbonyl (C=O) groups is 1. The van der Waals surface area contributed by atoms with Crippen LogP contribution < -0.4 is 10.1 Å². The third kappa shape index (κ3) is 5.33. The lowest BCUT2D eigenvalue weighted by Crippen LogP contribution is -2.51. The summed E-state index contributed by atoms with van der Waals surface area (Å²) in [6.45, 7) is 8.08. The van der Waals surface area contributed by atoms with Crippen LogP contribution in [0, 0.1) is 5.92 Å². The van der Waals surface area contributed by atoms with E-state index in [0.717, 1.165) is 45.6 Å². The quantitative estimate of drug-likeness (QED) is 0.754. The van der Waals surface area contributed by atoms with Crippen LogP contribution in [0.5, 0.6) is 5.75 Å². The third-order valence-electron chi connectivity index (χ3n) is 4.81. The first kappa shape index (κ1) is 18.5. The number of carbonyl (C=O) groups excluding carboxylic acids is 1. The minimum Gasteiger partial charge on any atom is -0.478 e. The fraction of sp³-hybridized carbons (Fsp3) is 0.632. The van der Waals surface area contributed by atoms with E-state index in [1.54, 1.807) is 24.3 Å². The molecule has 0 bridgehead atoms. The summed E-state index contributed by atoms with van der Waals surface area (Å²) in [4.78, 5) is 14.8. The zero-order chi connectivity index (χ0) is 17.9. The average Bonchev–Trinajstić information content (AvgIpc) is 3.41. The Hall–Kier alpha value is -1.30. The number of halogens is 1. The van der Waals surface area contributed by atoms with Crippen molar-refractivity contribution in [2.45, 2.75) is 38.4 Å². The van der Waals surface area contributed by atoms with Crippen molar-refractivity contribution in [1.82, 2.24) is 10.2 Å². The van der Waals surface area contributed by atoms with Crippen LogP contribution in [-0.4, -0.2) is 55.3 Å². The Bertz CT molecular complexity index is 579. The van der Waals surface area contributed by atoms with Crippen LogP contribution in [0.2, 0.25) is 5.02 Å². The van der Waals surface area contributed by atoms with E-state index in [1.807, 2.05) is 18.7 Å². The van der Waals surface area contributed by atoms with Crippen molar-refractivity contribution in [3.63, 3.8) is 0 Å². The SMILES string of the molecule is CC(C)(Oc1ccc(Cl)cc1)C(=O)N1CCC(CNCC2CO2)CC1. The maximum absolute atomic E-state index is 12.9. The topological polar surface area (TPSA) is 54.1 Å². The number of epoxide rings is 1. The molecule has 25 heavy (non-hydrogen) atoms. The van der Waals surface area contributed by atoms with E-state index in [9.17, 15) is 4.79 Å². The molecule has 1 unspecified atom stereocenters. The second-order valence-electron chi connectivity index (χ2n) is 7.42. The minimum absolute atomic E-state index is 0.0419. The van der Waals surface area contributed by atoms with E-state index in [4.69, 9.17) is 21.1 Å². The molecule has 5 nitrogen and oxygen atoms in total. The molecule has 3 rings (SSSR count). The highest BCUT2D eigenvalue weighted by Gasteiger charge is 2.36. The van der Waals surface area contributed by atoms with Gasteiger partial charge in [-0.1, -0.05) is 11.6 Å². The summed E-state index contributed by atoms with van der Waals surface area (Å²) >= 11 is 5.89. The zero-order valence-electron chi connectivity index (χ0n) is 15.0. The molecule has 2 heterocycles. The first-order chi connectivity index (χ1) is 11.9. The number of nitrogens with one attached hydrogen (secondary N) is 1. The van der Waals surface area contributed by atoms with Gasteiger partial charge >= 0.3 is 0 Å². The smallest absolute Gasteiger partial charge is 0.266 e. The maximum Gasteiger partial charge on any atom is 0.266 e. The lowest BCUT2D eigenvalue weighted by atomic mass is 9.95. The summed E-state index contributed by atoms with van der Waals surface area (Å²) in [5.41, 5.74) is -0.887. The molecular formula is C19H27ClN2O3. The molecule has 1 aromatic carbocycles. The van der Waals surface area contributed by atoms with Gasteiger partial charge in [0.25, 0.3) is 5.91 Å². The Morgan fingerprint density at radius 2 is 1.92 bits per heavy atom. The van der Waals surface area contributed by atoms with Crippen LogP contribution >= 0.6 is 11.6 Å². The number of ether oxygens (including phenoxy) is 2. The normalized spacial score (nSPS) is 21.2. The van der Waals surface area contributed by atoms with Crippen molar-refractivity contribution in [3.8, 4) is 5.75 Å². The largest absolute Gasteiger partial charge is 0.478 e. The molecule has 6 heteroatoms. The third-order valence-corrected chi connectivity index (χ3v) is 5.06. The highest BCUT2D eigenvalue weighted by atomic mass is 35.5. The number of benzene rings is 1. The van der Waals surface area contributed by atoms with Gasteiger partial charge in [-0.3, -0.25) is 4.79 Å². The fourth-order valence-corrected chi connectivity index (χ4v) is 3.32. The van der Waals surface area contributed by atoms with E-state index in [2.05, 4.69) is 5.32 Å². The zero-order valence-corrected chi connectivity index (χ0v) is 15.7. The van der Waals surface area contributed by atoms with E-state index >= 15 is 0 Å². The number of rotatable bonds is 7. The van der Waals surface area contributed by atoms with E-state index in [0.29, 0.717) is 22.8 Å². The van der Waals surface area contributed by atoms with Gasteiger partial charge in [-0.2, -0.15) is 0 Å². The number of likely N-dealkylation sites (tertiary alicyclic amines) is 1. The molecule has 0 aliphatic carbocycles. The van der Waals surface area contributed by atoms with Gasteiger partial charge < -0.3 is 19.7 Å². The number of piperidine rings is 1.